The number of benzene rings is 1. The van der Waals surface area contributed by atoms with Crippen LogP contribution in [-0.4, -0.2) is 89.7 Å². The average Bonchev–Trinajstić information content (AvgIpc) is 3.54. The number of imidazole rings is 1. The van der Waals surface area contributed by atoms with E-state index in [4.69, 9.17) is 24.8 Å². The lowest BCUT2D eigenvalue weighted by atomic mass is 10.1. The molecule has 0 unspecified atom stereocenters. The lowest BCUT2D eigenvalue weighted by Crippen LogP contribution is -2.46. The Morgan fingerprint density at radius 3 is 1.89 bits per heavy atom. The van der Waals surface area contributed by atoms with Crippen molar-refractivity contribution in [2.75, 3.05) is 31.1 Å². The van der Waals surface area contributed by atoms with Crippen molar-refractivity contribution in [1.29, 1.82) is 0 Å². The van der Waals surface area contributed by atoms with Crippen LogP contribution in [0.3, 0.4) is 0 Å². The van der Waals surface area contributed by atoms with Gasteiger partial charge in [0, 0.05) is 63.9 Å². The standard InChI is InChI=1S/C23H27N7.2C2HF3O2/c1-17-10-18(2)12-19(11-17)15-28-6-8-29(9-7-28)22-23-25-14-21(30(23)5-4-24-22)20-13-26-27(3)16-20;2*3-2(4,5)1(6)7/h4-5,10-14,16H,6-9,15H2,1-3H3;2*(H,6,7). The number of carboxylic acids is 2. The highest BCUT2D eigenvalue weighted by atomic mass is 19.4. The van der Waals surface area contributed by atoms with E-state index in [1.165, 1.54) is 16.7 Å². The van der Waals surface area contributed by atoms with Crippen LogP contribution in [-0.2, 0) is 23.2 Å². The molecule has 4 aromatic rings. The number of fused-ring (bicyclic) bond motifs is 1. The predicted octanol–water partition coefficient (Wildman–Crippen LogP) is 4.34. The highest BCUT2D eigenvalue weighted by Crippen LogP contribution is 2.26. The van der Waals surface area contributed by atoms with Crippen LogP contribution in [0.25, 0.3) is 16.9 Å². The highest BCUT2D eigenvalue weighted by Gasteiger charge is 2.38. The number of hydrogen-bond acceptors (Lipinski definition) is 7. The Morgan fingerprint density at radius 2 is 1.41 bits per heavy atom. The lowest BCUT2D eigenvalue weighted by molar-refractivity contribution is -0.193. The van der Waals surface area contributed by atoms with Crippen LogP contribution < -0.4 is 4.90 Å². The molecular weight excluding hydrogens is 600 g/mol. The maximum Gasteiger partial charge on any atom is 0.490 e. The number of hydrogen-bond donors (Lipinski definition) is 2. The van der Waals surface area contributed by atoms with Crippen molar-refractivity contribution in [2.24, 2.45) is 7.05 Å². The molecule has 0 radical (unpaired) electrons. The van der Waals surface area contributed by atoms with Gasteiger partial charge < -0.3 is 15.1 Å². The molecule has 0 aliphatic carbocycles. The number of rotatable bonds is 4. The van der Waals surface area contributed by atoms with Crippen molar-refractivity contribution in [1.82, 2.24) is 29.0 Å². The van der Waals surface area contributed by atoms with Gasteiger partial charge in [0.2, 0.25) is 0 Å². The SMILES string of the molecule is Cc1cc(C)cc(CN2CCN(c3nccn4c(-c5cnn(C)c5)cnc34)CC2)c1.O=C(O)C(F)(F)F.O=C(O)C(F)(F)F. The van der Waals surface area contributed by atoms with Crippen molar-refractivity contribution >= 4 is 23.4 Å². The van der Waals surface area contributed by atoms with E-state index in [9.17, 15) is 26.3 Å². The molecule has 0 amide bonds. The quantitative estimate of drug-likeness (QED) is 0.317. The van der Waals surface area contributed by atoms with Crippen molar-refractivity contribution in [3.8, 4) is 11.3 Å². The summed E-state index contributed by atoms with van der Waals surface area (Å²) in [6.07, 6.45) is -0.533. The molecule has 44 heavy (non-hydrogen) atoms. The third-order valence-electron chi connectivity index (χ3n) is 6.25. The van der Waals surface area contributed by atoms with Crippen molar-refractivity contribution in [3.63, 3.8) is 0 Å². The Bertz CT molecular complexity index is 1550. The van der Waals surface area contributed by atoms with E-state index in [-0.39, 0.29) is 0 Å². The van der Waals surface area contributed by atoms with Crippen LogP contribution in [0.4, 0.5) is 32.2 Å². The molecule has 0 spiro atoms. The number of anilines is 1. The molecule has 4 heterocycles. The normalized spacial score (nSPS) is 14.0. The molecule has 5 rings (SSSR count). The molecule has 1 aliphatic heterocycles. The van der Waals surface area contributed by atoms with E-state index in [1.807, 2.05) is 42.7 Å². The minimum absolute atomic E-state index is 0.902. The van der Waals surface area contributed by atoms with Gasteiger partial charge in [0.1, 0.15) is 0 Å². The van der Waals surface area contributed by atoms with Gasteiger partial charge in [-0.25, -0.2) is 19.6 Å². The van der Waals surface area contributed by atoms with Gasteiger partial charge in [-0.2, -0.15) is 31.4 Å². The second kappa shape index (κ2) is 13.7. The number of carboxylic acid groups (broad SMARTS) is 2. The first kappa shape index (κ1) is 33.8. The summed E-state index contributed by atoms with van der Waals surface area (Å²) in [4.78, 5) is 32.0. The monoisotopic (exact) mass is 629 g/mol. The summed E-state index contributed by atoms with van der Waals surface area (Å²) >= 11 is 0. The summed E-state index contributed by atoms with van der Waals surface area (Å²) in [7, 11) is 1.93. The third kappa shape index (κ3) is 9.16. The van der Waals surface area contributed by atoms with Crippen molar-refractivity contribution < 1.29 is 46.1 Å². The number of nitrogens with zero attached hydrogens (tertiary/aromatic N) is 7. The fourth-order valence-corrected chi connectivity index (χ4v) is 4.43. The van der Waals surface area contributed by atoms with Crippen molar-refractivity contribution in [3.05, 3.63) is 65.9 Å². The highest BCUT2D eigenvalue weighted by molar-refractivity contribution is 5.73. The second-order valence-corrected chi connectivity index (χ2v) is 9.86. The first-order valence-electron chi connectivity index (χ1n) is 12.9. The number of halogens is 6. The summed E-state index contributed by atoms with van der Waals surface area (Å²) in [5, 5.41) is 18.5. The lowest BCUT2D eigenvalue weighted by Gasteiger charge is -2.35. The van der Waals surface area contributed by atoms with Gasteiger partial charge in [0.15, 0.2) is 11.5 Å². The molecule has 0 saturated carbocycles. The minimum Gasteiger partial charge on any atom is -0.475 e. The van der Waals surface area contributed by atoms with E-state index < -0.39 is 24.3 Å². The van der Waals surface area contributed by atoms with Gasteiger partial charge in [-0.1, -0.05) is 29.3 Å². The average molecular weight is 630 g/mol. The zero-order valence-corrected chi connectivity index (χ0v) is 23.8. The van der Waals surface area contributed by atoms with Crippen LogP contribution in [0.15, 0.2) is 49.2 Å². The number of alkyl halides is 6. The minimum atomic E-state index is -5.08. The Balaban J connectivity index is 0.000000317. The van der Waals surface area contributed by atoms with Gasteiger partial charge in [0.05, 0.1) is 18.1 Å². The number of aliphatic carboxylic acids is 2. The zero-order valence-electron chi connectivity index (χ0n) is 23.8. The van der Waals surface area contributed by atoms with Gasteiger partial charge in [-0.05, 0) is 19.4 Å². The molecule has 3 aromatic heterocycles. The smallest absolute Gasteiger partial charge is 0.475 e. The molecular formula is C27H29F6N7O4. The Labute approximate surface area is 247 Å². The summed E-state index contributed by atoms with van der Waals surface area (Å²) in [5.74, 6) is -4.56. The zero-order chi connectivity index (χ0) is 32.8. The van der Waals surface area contributed by atoms with E-state index in [1.54, 1.807) is 0 Å². The Morgan fingerprint density at radius 1 is 0.864 bits per heavy atom. The summed E-state index contributed by atoms with van der Waals surface area (Å²) in [5.41, 5.74) is 7.07. The fourth-order valence-electron chi connectivity index (χ4n) is 4.43. The molecule has 238 valence electrons. The topological polar surface area (TPSA) is 129 Å². The summed E-state index contributed by atoms with van der Waals surface area (Å²) in [6.45, 7) is 9.29. The molecule has 2 N–H and O–H groups in total. The Hall–Kier alpha value is -4.67. The van der Waals surface area contributed by atoms with Crippen molar-refractivity contribution in [2.45, 2.75) is 32.7 Å². The third-order valence-corrected chi connectivity index (χ3v) is 6.25. The van der Waals surface area contributed by atoms with Crippen LogP contribution in [0, 0.1) is 13.8 Å². The Kier molecular flexibility index (Phi) is 10.6. The molecule has 1 fully saturated rings. The molecule has 1 aliphatic rings. The van der Waals surface area contributed by atoms with E-state index in [0.29, 0.717) is 0 Å². The van der Waals surface area contributed by atoms with Crippen LogP contribution in [0.2, 0.25) is 0 Å². The largest absolute Gasteiger partial charge is 0.490 e. The number of aromatic nitrogens is 5. The van der Waals surface area contributed by atoms with Gasteiger partial charge >= 0.3 is 24.3 Å². The number of aryl methyl sites for hydroxylation is 3. The molecule has 1 saturated heterocycles. The summed E-state index contributed by atoms with van der Waals surface area (Å²) < 4.78 is 67.4. The molecule has 0 bridgehead atoms. The van der Waals surface area contributed by atoms with Gasteiger partial charge in [-0.15, -0.1) is 0 Å². The fraction of sp³-hybridized carbons (Fsp3) is 0.370. The maximum absolute atomic E-state index is 10.6. The van der Waals surface area contributed by atoms with E-state index in [0.717, 1.165) is 55.4 Å². The molecule has 11 nitrogen and oxygen atoms in total. The van der Waals surface area contributed by atoms with Crippen LogP contribution in [0.1, 0.15) is 16.7 Å². The predicted molar refractivity (Wildman–Crippen MR) is 146 cm³/mol. The van der Waals surface area contributed by atoms with E-state index in [2.05, 4.69) is 56.3 Å². The van der Waals surface area contributed by atoms with Crippen LogP contribution in [0.5, 0.6) is 0 Å². The first-order valence-corrected chi connectivity index (χ1v) is 12.9. The molecule has 17 heteroatoms. The van der Waals surface area contributed by atoms with Gasteiger partial charge in [-0.3, -0.25) is 14.0 Å². The summed E-state index contributed by atoms with van der Waals surface area (Å²) in [6, 6.07) is 6.83. The number of carbonyl (C=O) groups is 2. The van der Waals surface area contributed by atoms with E-state index >= 15 is 0 Å². The van der Waals surface area contributed by atoms with Crippen LogP contribution >= 0.6 is 0 Å². The second-order valence-electron chi connectivity index (χ2n) is 9.86. The molecule has 0 atom stereocenters. The van der Waals surface area contributed by atoms with Gasteiger partial charge in [0.25, 0.3) is 0 Å². The first-order chi connectivity index (χ1) is 20.5. The molecule has 1 aromatic carbocycles. The number of piperazine rings is 1. The maximum atomic E-state index is 10.6.